The minimum atomic E-state index is -0.215. The molecule has 0 fully saturated rings. The van der Waals surface area contributed by atoms with Crippen LogP contribution in [0.5, 0.6) is 0 Å². The summed E-state index contributed by atoms with van der Waals surface area (Å²) in [5.74, 6) is -0.215. The second kappa shape index (κ2) is 7.62. The van der Waals surface area contributed by atoms with Gasteiger partial charge in [0.05, 0.1) is 12.7 Å². The second-order valence-electron chi connectivity index (χ2n) is 5.29. The van der Waals surface area contributed by atoms with Crippen LogP contribution in [0.4, 0.5) is 5.69 Å². The van der Waals surface area contributed by atoms with Crippen molar-refractivity contribution in [3.63, 3.8) is 0 Å². The van der Waals surface area contributed by atoms with Gasteiger partial charge >= 0.3 is 0 Å². The SMILES string of the molecule is O=C(/C=C/c1cnn(Cc2ccccc2)c1)Nc1cccc(Cl)c1. The highest BCUT2D eigenvalue weighted by molar-refractivity contribution is 6.30. The lowest BCUT2D eigenvalue weighted by molar-refractivity contribution is -0.111. The summed E-state index contributed by atoms with van der Waals surface area (Å²) >= 11 is 5.89. The lowest BCUT2D eigenvalue weighted by atomic mass is 10.2. The first kappa shape index (κ1) is 16.0. The highest BCUT2D eigenvalue weighted by atomic mass is 35.5. The van der Waals surface area contributed by atoms with Gasteiger partial charge < -0.3 is 5.32 Å². The van der Waals surface area contributed by atoms with Gasteiger partial charge in [0.2, 0.25) is 5.91 Å². The fraction of sp³-hybridized carbons (Fsp3) is 0.0526. The molecule has 1 heterocycles. The van der Waals surface area contributed by atoms with E-state index in [1.807, 2.05) is 29.1 Å². The summed E-state index contributed by atoms with van der Waals surface area (Å²) in [5, 5.41) is 7.65. The highest BCUT2D eigenvalue weighted by Crippen LogP contribution is 2.15. The number of aromatic nitrogens is 2. The van der Waals surface area contributed by atoms with Gasteiger partial charge in [-0.05, 0) is 29.8 Å². The normalized spacial score (nSPS) is 10.9. The molecular formula is C19H16ClN3O. The summed E-state index contributed by atoms with van der Waals surface area (Å²) in [6.07, 6.45) is 6.83. The van der Waals surface area contributed by atoms with Crippen LogP contribution >= 0.6 is 11.6 Å². The molecule has 3 aromatic rings. The first-order valence-corrected chi connectivity index (χ1v) is 7.88. The van der Waals surface area contributed by atoms with E-state index in [4.69, 9.17) is 11.6 Å². The molecule has 0 radical (unpaired) electrons. The number of carbonyl (C=O) groups excluding carboxylic acids is 1. The van der Waals surface area contributed by atoms with Crippen LogP contribution in [0.25, 0.3) is 6.08 Å². The minimum Gasteiger partial charge on any atom is -0.322 e. The topological polar surface area (TPSA) is 46.9 Å². The molecule has 0 saturated carbocycles. The molecule has 0 saturated heterocycles. The van der Waals surface area contributed by atoms with Gasteiger partial charge in [0.1, 0.15) is 0 Å². The second-order valence-corrected chi connectivity index (χ2v) is 5.73. The quantitative estimate of drug-likeness (QED) is 0.708. The average molecular weight is 338 g/mol. The molecule has 1 aromatic heterocycles. The maximum absolute atomic E-state index is 11.9. The van der Waals surface area contributed by atoms with Crippen molar-refractivity contribution in [2.75, 3.05) is 5.32 Å². The van der Waals surface area contributed by atoms with Gasteiger partial charge in [-0.25, -0.2) is 0 Å². The Hall–Kier alpha value is -2.85. The minimum absolute atomic E-state index is 0.215. The van der Waals surface area contributed by atoms with E-state index in [2.05, 4.69) is 22.5 Å². The standard InChI is InChI=1S/C19H16ClN3O/c20-17-7-4-8-18(11-17)22-19(24)10-9-16-12-21-23(14-16)13-15-5-2-1-3-6-15/h1-12,14H,13H2,(H,22,24)/b10-9+. The van der Waals surface area contributed by atoms with E-state index >= 15 is 0 Å². The highest BCUT2D eigenvalue weighted by Gasteiger charge is 2.00. The Morgan fingerprint density at radius 1 is 1.17 bits per heavy atom. The number of nitrogens with zero attached hydrogens (tertiary/aromatic N) is 2. The summed E-state index contributed by atoms with van der Waals surface area (Å²) in [6, 6.07) is 17.1. The molecule has 120 valence electrons. The molecule has 0 aliphatic rings. The van der Waals surface area contributed by atoms with Gasteiger partial charge in [0, 0.05) is 28.5 Å². The molecule has 5 heteroatoms. The monoisotopic (exact) mass is 337 g/mol. The van der Waals surface area contributed by atoms with E-state index < -0.39 is 0 Å². The Morgan fingerprint density at radius 2 is 2.00 bits per heavy atom. The Balaban J connectivity index is 1.59. The van der Waals surface area contributed by atoms with E-state index in [0.29, 0.717) is 17.3 Å². The van der Waals surface area contributed by atoms with Crippen LogP contribution in [0.2, 0.25) is 5.02 Å². The summed E-state index contributed by atoms with van der Waals surface area (Å²) in [5.41, 5.74) is 2.71. The van der Waals surface area contributed by atoms with E-state index in [1.165, 1.54) is 11.6 Å². The van der Waals surface area contributed by atoms with Crippen LogP contribution in [0.1, 0.15) is 11.1 Å². The molecule has 3 rings (SSSR count). The number of halogens is 1. The van der Waals surface area contributed by atoms with E-state index in [1.54, 1.807) is 36.5 Å². The fourth-order valence-electron chi connectivity index (χ4n) is 2.24. The molecule has 0 bridgehead atoms. The summed E-state index contributed by atoms with van der Waals surface area (Å²) in [7, 11) is 0. The van der Waals surface area contributed by atoms with Crippen LogP contribution in [-0.4, -0.2) is 15.7 Å². The third-order valence-corrected chi connectivity index (χ3v) is 3.60. The third kappa shape index (κ3) is 4.57. The molecule has 0 atom stereocenters. The predicted octanol–water partition coefficient (Wildman–Crippen LogP) is 4.24. The number of amides is 1. The largest absolute Gasteiger partial charge is 0.322 e. The molecule has 0 aliphatic heterocycles. The molecule has 24 heavy (non-hydrogen) atoms. The Labute approximate surface area is 145 Å². The summed E-state index contributed by atoms with van der Waals surface area (Å²) < 4.78 is 1.84. The van der Waals surface area contributed by atoms with Crippen molar-refractivity contribution in [3.8, 4) is 0 Å². The predicted molar refractivity (Wildman–Crippen MR) is 96.9 cm³/mol. The number of rotatable bonds is 5. The fourth-order valence-corrected chi connectivity index (χ4v) is 2.43. The molecule has 1 amide bonds. The number of hydrogen-bond acceptors (Lipinski definition) is 2. The molecule has 1 N–H and O–H groups in total. The molecule has 4 nitrogen and oxygen atoms in total. The van der Waals surface area contributed by atoms with Crippen molar-refractivity contribution >= 4 is 29.3 Å². The van der Waals surface area contributed by atoms with Crippen molar-refractivity contribution in [2.45, 2.75) is 6.54 Å². The van der Waals surface area contributed by atoms with Crippen LogP contribution in [-0.2, 0) is 11.3 Å². The lowest BCUT2D eigenvalue weighted by Crippen LogP contribution is -2.07. The molecular weight excluding hydrogens is 322 g/mol. The van der Waals surface area contributed by atoms with Crippen LogP contribution < -0.4 is 5.32 Å². The summed E-state index contributed by atoms with van der Waals surface area (Å²) in [4.78, 5) is 11.9. The van der Waals surface area contributed by atoms with Gasteiger partial charge in [0.15, 0.2) is 0 Å². The number of nitrogens with one attached hydrogen (secondary N) is 1. The van der Waals surface area contributed by atoms with Gasteiger partial charge in [-0.2, -0.15) is 5.10 Å². The Morgan fingerprint density at radius 3 is 2.79 bits per heavy atom. The first-order valence-electron chi connectivity index (χ1n) is 7.50. The Bertz CT molecular complexity index is 856. The van der Waals surface area contributed by atoms with Crippen LogP contribution in [0.15, 0.2) is 73.1 Å². The van der Waals surface area contributed by atoms with Crippen molar-refractivity contribution in [3.05, 3.63) is 89.2 Å². The van der Waals surface area contributed by atoms with Gasteiger partial charge in [-0.15, -0.1) is 0 Å². The molecule has 2 aromatic carbocycles. The van der Waals surface area contributed by atoms with E-state index in [9.17, 15) is 4.79 Å². The maximum Gasteiger partial charge on any atom is 0.248 e. The van der Waals surface area contributed by atoms with Crippen LogP contribution in [0.3, 0.4) is 0 Å². The van der Waals surface area contributed by atoms with Crippen molar-refractivity contribution in [1.29, 1.82) is 0 Å². The van der Waals surface area contributed by atoms with Gasteiger partial charge in [0.25, 0.3) is 0 Å². The first-order chi connectivity index (χ1) is 11.7. The zero-order chi connectivity index (χ0) is 16.8. The van der Waals surface area contributed by atoms with Crippen LogP contribution in [0, 0.1) is 0 Å². The average Bonchev–Trinajstić information content (AvgIpc) is 3.01. The lowest BCUT2D eigenvalue weighted by Gasteiger charge is -2.01. The summed E-state index contributed by atoms with van der Waals surface area (Å²) in [6.45, 7) is 0.698. The molecule has 0 unspecified atom stereocenters. The number of carbonyl (C=O) groups is 1. The number of benzene rings is 2. The maximum atomic E-state index is 11.9. The molecule has 0 spiro atoms. The van der Waals surface area contributed by atoms with Crippen molar-refractivity contribution in [1.82, 2.24) is 9.78 Å². The van der Waals surface area contributed by atoms with Crippen molar-refractivity contribution < 1.29 is 4.79 Å². The zero-order valence-electron chi connectivity index (χ0n) is 12.9. The van der Waals surface area contributed by atoms with E-state index in [0.717, 1.165) is 5.56 Å². The molecule has 0 aliphatic carbocycles. The van der Waals surface area contributed by atoms with Gasteiger partial charge in [-0.1, -0.05) is 48.0 Å². The zero-order valence-corrected chi connectivity index (χ0v) is 13.6. The van der Waals surface area contributed by atoms with E-state index in [-0.39, 0.29) is 5.91 Å². The Kier molecular flexibility index (Phi) is 5.08. The number of anilines is 1. The van der Waals surface area contributed by atoms with Gasteiger partial charge in [-0.3, -0.25) is 9.48 Å². The number of hydrogen-bond donors (Lipinski definition) is 1. The third-order valence-electron chi connectivity index (χ3n) is 3.36. The van der Waals surface area contributed by atoms with Crippen molar-refractivity contribution in [2.24, 2.45) is 0 Å². The smallest absolute Gasteiger partial charge is 0.248 e.